The van der Waals surface area contributed by atoms with Gasteiger partial charge in [0.2, 0.25) is 5.91 Å². The first-order valence-corrected chi connectivity index (χ1v) is 10.8. The van der Waals surface area contributed by atoms with Gasteiger partial charge in [-0.2, -0.15) is 0 Å². The molecule has 2 heterocycles. The van der Waals surface area contributed by atoms with E-state index < -0.39 is 0 Å². The zero-order valence-electron chi connectivity index (χ0n) is 16.2. The average Bonchev–Trinajstić information content (AvgIpc) is 3.35. The number of likely N-dealkylation sites (tertiary alicyclic amines) is 1. The van der Waals surface area contributed by atoms with Crippen LogP contribution in [0.15, 0.2) is 59.8 Å². The molecule has 2 aromatic carbocycles. The second-order valence-corrected chi connectivity index (χ2v) is 7.86. The van der Waals surface area contributed by atoms with Crippen molar-refractivity contribution in [3.8, 4) is 11.1 Å². The van der Waals surface area contributed by atoms with Crippen molar-refractivity contribution in [2.45, 2.75) is 30.5 Å². The van der Waals surface area contributed by atoms with Crippen LogP contribution < -0.4 is 0 Å². The number of carbonyl (C=O) groups excluding carboxylic acids is 1. The van der Waals surface area contributed by atoms with Crippen LogP contribution in [0.4, 0.5) is 0 Å². The molecule has 1 atom stereocenters. The highest BCUT2D eigenvalue weighted by Crippen LogP contribution is 2.32. The van der Waals surface area contributed by atoms with E-state index in [0.717, 1.165) is 35.9 Å². The molecule has 1 amide bonds. The number of benzene rings is 2. The van der Waals surface area contributed by atoms with Crippen molar-refractivity contribution < 1.29 is 4.79 Å². The van der Waals surface area contributed by atoms with Gasteiger partial charge in [-0.15, -0.1) is 10.2 Å². The first-order chi connectivity index (χ1) is 13.7. The van der Waals surface area contributed by atoms with E-state index in [0.29, 0.717) is 6.42 Å². The van der Waals surface area contributed by atoms with E-state index in [1.807, 2.05) is 41.0 Å². The van der Waals surface area contributed by atoms with Crippen LogP contribution in [0, 0.1) is 0 Å². The molecule has 3 aromatic rings. The van der Waals surface area contributed by atoms with Crippen LogP contribution in [-0.2, 0) is 18.3 Å². The van der Waals surface area contributed by atoms with E-state index in [1.54, 1.807) is 11.8 Å². The molecule has 4 rings (SSSR count). The number of amides is 1. The molecule has 1 aromatic heterocycles. The highest BCUT2D eigenvalue weighted by molar-refractivity contribution is 7.98. The van der Waals surface area contributed by atoms with Crippen LogP contribution in [0.1, 0.15) is 30.3 Å². The third-order valence-electron chi connectivity index (χ3n) is 5.34. The fourth-order valence-corrected chi connectivity index (χ4v) is 4.34. The molecule has 0 aliphatic carbocycles. The maximum Gasteiger partial charge on any atom is 0.227 e. The Morgan fingerprint density at radius 1 is 1.07 bits per heavy atom. The molecule has 1 fully saturated rings. The lowest BCUT2D eigenvalue weighted by Gasteiger charge is -2.24. The Kier molecular flexibility index (Phi) is 5.48. The predicted octanol–water partition coefficient (Wildman–Crippen LogP) is 4.11. The number of thioether (sulfide) groups is 1. The van der Waals surface area contributed by atoms with E-state index >= 15 is 0 Å². The Morgan fingerprint density at radius 3 is 2.46 bits per heavy atom. The molecule has 1 aliphatic heterocycles. The minimum atomic E-state index is 0.0227. The summed E-state index contributed by atoms with van der Waals surface area (Å²) in [7, 11) is 1.98. The average molecular weight is 393 g/mol. The molecule has 1 aliphatic rings. The summed E-state index contributed by atoms with van der Waals surface area (Å²) >= 11 is 1.57. The predicted molar refractivity (Wildman–Crippen MR) is 112 cm³/mol. The summed E-state index contributed by atoms with van der Waals surface area (Å²) in [6, 6.07) is 18.6. The van der Waals surface area contributed by atoms with Gasteiger partial charge in [-0.3, -0.25) is 4.79 Å². The molecule has 1 saturated heterocycles. The minimum Gasteiger partial charge on any atom is -0.332 e. The Bertz CT molecular complexity index is 952. The molecule has 0 radical (unpaired) electrons. The van der Waals surface area contributed by atoms with E-state index in [9.17, 15) is 4.79 Å². The summed E-state index contributed by atoms with van der Waals surface area (Å²) in [6.45, 7) is 0.785. The lowest BCUT2D eigenvalue weighted by molar-refractivity contribution is -0.131. The largest absolute Gasteiger partial charge is 0.332 e. The van der Waals surface area contributed by atoms with Crippen molar-refractivity contribution in [2.75, 3.05) is 12.8 Å². The molecule has 28 heavy (non-hydrogen) atoms. The van der Waals surface area contributed by atoms with Crippen LogP contribution in [0.5, 0.6) is 0 Å². The van der Waals surface area contributed by atoms with E-state index in [1.165, 1.54) is 11.1 Å². The highest BCUT2D eigenvalue weighted by Gasteiger charge is 2.33. The Balaban J connectivity index is 1.47. The quantitative estimate of drug-likeness (QED) is 0.613. The molecule has 144 valence electrons. The summed E-state index contributed by atoms with van der Waals surface area (Å²) in [4.78, 5) is 15.0. The van der Waals surface area contributed by atoms with Gasteiger partial charge in [-0.25, -0.2) is 0 Å². The summed E-state index contributed by atoms with van der Waals surface area (Å²) in [5, 5.41) is 9.47. The molecule has 6 heteroatoms. The first kappa shape index (κ1) is 18.7. The van der Waals surface area contributed by atoms with E-state index in [-0.39, 0.29) is 11.9 Å². The molecule has 0 spiro atoms. The Morgan fingerprint density at radius 2 is 1.79 bits per heavy atom. The van der Waals surface area contributed by atoms with Crippen LogP contribution in [0.2, 0.25) is 0 Å². The fraction of sp³-hybridized carbons (Fsp3) is 0.318. The summed E-state index contributed by atoms with van der Waals surface area (Å²) in [5.74, 6) is 1.04. The smallest absolute Gasteiger partial charge is 0.227 e. The normalized spacial score (nSPS) is 16.5. The lowest BCUT2D eigenvalue weighted by Crippen LogP contribution is -2.33. The van der Waals surface area contributed by atoms with Gasteiger partial charge in [-0.1, -0.05) is 66.4 Å². The van der Waals surface area contributed by atoms with Crippen molar-refractivity contribution in [1.29, 1.82) is 0 Å². The highest BCUT2D eigenvalue weighted by atomic mass is 32.2. The van der Waals surface area contributed by atoms with Crippen LogP contribution in [0.3, 0.4) is 0 Å². The van der Waals surface area contributed by atoms with Crippen LogP contribution in [0.25, 0.3) is 11.1 Å². The van der Waals surface area contributed by atoms with Crippen LogP contribution >= 0.6 is 11.8 Å². The second kappa shape index (κ2) is 8.19. The monoisotopic (exact) mass is 392 g/mol. The minimum absolute atomic E-state index is 0.0227. The number of aromatic nitrogens is 3. The molecular weight excluding hydrogens is 368 g/mol. The zero-order valence-corrected chi connectivity index (χ0v) is 17.0. The van der Waals surface area contributed by atoms with E-state index in [4.69, 9.17) is 0 Å². The molecule has 0 saturated carbocycles. The van der Waals surface area contributed by atoms with Gasteiger partial charge in [0.05, 0.1) is 12.5 Å². The standard InChI is InChI=1S/C22H24N4OS/c1-25-21(23-24-22(25)28-2)19-9-6-14-26(19)20(27)15-16-10-12-18(13-11-16)17-7-4-3-5-8-17/h3-5,7-8,10-13,19H,6,9,14-15H2,1-2H3. The maximum atomic E-state index is 13.0. The molecule has 1 unspecified atom stereocenters. The number of carbonyl (C=O) groups is 1. The first-order valence-electron chi connectivity index (χ1n) is 9.54. The zero-order chi connectivity index (χ0) is 19.5. The summed E-state index contributed by atoms with van der Waals surface area (Å²) in [5.41, 5.74) is 3.39. The van der Waals surface area contributed by atoms with Gasteiger partial charge in [0.15, 0.2) is 11.0 Å². The molecular formula is C22H24N4OS. The van der Waals surface area contributed by atoms with Gasteiger partial charge in [0, 0.05) is 13.6 Å². The maximum absolute atomic E-state index is 13.0. The molecule has 0 bridgehead atoms. The van der Waals surface area contributed by atoms with Gasteiger partial charge in [0.1, 0.15) is 0 Å². The number of hydrogen-bond donors (Lipinski definition) is 0. The topological polar surface area (TPSA) is 51.0 Å². The summed E-state index contributed by atoms with van der Waals surface area (Å²) in [6.07, 6.45) is 4.35. The van der Waals surface area contributed by atoms with Crippen molar-refractivity contribution in [1.82, 2.24) is 19.7 Å². The number of nitrogens with zero attached hydrogens (tertiary/aromatic N) is 4. The van der Waals surface area contributed by atoms with Gasteiger partial charge in [0.25, 0.3) is 0 Å². The Hall–Kier alpha value is -2.60. The van der Waals surface area contributed by atoms with Crippen molar-refractivity contribution in [2.24, 2.45) is 7.05 Å². The van der Waals surface area contributed by atoms with Crippen molar-refractivity contribution in [3.05, 3.63) is 66.0 Å². The lowest BCUT2D eigenvalue weighted by atomic mass is 10.0. The molecule has 0 N–H and O–H groups in total. The van der Waals surface area contributed by atoms with Gasteiger partial charge < -0.3 is 9.47 Å². The number of rotatable bonds is 5. The SMILES string of the molecule is CSc1nnc(C2CCCN2C(=O)Cc2ccc(-c3ccccc3)cc2)n1C. The Labute approximate surface area is 169 Å². The fourth-order valence-electron chi connectivity index (χ4n) is 3.85. The van der Waals surface area contributed by atoms with Crippen molar-refractivity contribution >= 4 is 17.7 Å². The van der Waals surface area contributed by atoms with Gasteiger partial charge >= 0.3 is 0 Å². The molecule has 5 nitrogen and oxygen atoms in total. The van der Waals surface area contributed by atoms with Crippen LogP contribution in [-0.4, -0.2) is 38.4 Å². The summed E-state index contributed by atoms with van der Waals surface area (Å²) < 4.78 is 2.01. The van der Waals surface area contributed by atoms with Crippen molar-refractivity contribution in [3.63, 3.8) is 0 Å². The third kappa shape index (κ3) is 3.69. The van der Waals surface area contributed by atoms with E-state index in [2.05, 4.69) is 46.6 Å². The van der Waals surface area contributed by atoms with Gasteiger partial charge in [-0.05, 0) is 35.8 Å². The third-order valence-corrected chi connectivity index (χ3v) is 6.06. The second-order valence-electron chi connectivity index (χ2n) is 7.09. The number of hydrogen-bond acceptors (Lipinski definition) is 4.